The summed E-state index contributed by atoms with van der Waals surface area (Å²) in [5, 5.41) is 9.32. The highest BCUT2D eigenvalue weighted by Gasteiger charge is 2.18. The molecule has 4 heteroatoms. The molecule has 2 aromatic carbocycles. The fourth-order valence-corrected chi connectivity index (χ4v) is 2.69. The van der Waals surface area contributed by atoms with Gasteiger partial charge in [0.05, 0.1) is 13.7 Å². The Hall–Kier alpha value is -2.33. The molecule has 4 nitrogen and oxygen atoms in total. The Labute approximate surface area is 137 Å². The quantitative estimate of drug-likeness (QED) is 0.892. The second-order valence-electron chi connectivity index (χ2n) is 5.64. The topological polar surface area (TPSA) is 49.8 Å². The monoisotopic (exact) mass is 313 g/mol. The van der Waals surface area contributed by atoms with Crippen molar-refractivity contribution in [2.24, 2.45) is 0 Å². The van der Waals surface area contributed by atoms with Gasteiger partial charge in [-0.1, -0.05) is 35.4 Å². The average molecular weight is 313 g/mol. The number of hydrogen-bond donors (Lipinski definition) is 1. The van der Waals surface area contributed by atoms with Crippen LogP contribution in [0, 0.1) is 13.8 Å². The Bertz CT molecular complexity index is 662. The Kier molecular flexibility index (Phi) is 5.77. The molecule has 0 bridgehead atoms. The molecular formula is C19H23NO3. The van der Waals surface area contributed by atoms with Crippen molar-refractivity contribution in [3.63, 3.8) is 0 Å². The summed E-state index contributed by atoms with van der Waals surface area (Å²) in [4.78, 5) is 14.5. The molecule has 0 spiro atoms. The molecule has 0 aliphatic heterocycles. The van der Waals surface area contributed by atoms with E-state index in [1.54, 1.807) is 12.0 Å². The van der Waals surface area contributed by atoms with Crippen LogP contribution in [0.25, 0.3) is 0 Å². The minimum Gasteiger partial charge on any atom is -0.496 e. The lowest BCUT2D eigenvalue weighted by Gasteiger charge is -2.23. The van der Waals surface area contributed by atoms with Crippen LogP contribution in [0.15, 0.2) is 42.5 Å². The van der Waals surface area contributed by atoms with Gasteiger partial charge in [-0.25, -0.2) is 0 Å². The number of aliphatic hydroxyl groups excluding tert-OH is 1. The van der Waals surface area contributed by atoms with Crippen molar-refractivity contribution >= 4 is 5.91 Å². The Morgan fingerprint density at radius 3 is 2.39 bits per heavy atom. The zero-order valence-electron chi connectivity index (χ0n) is 13.9. The van der Waals surface area contributed by atoms with Gasteiger partial charge in [0.2, 0.25) is 0 Å². The van der Waals surface area contributed by atoms with Gasteiger partial charge in [0.1, 0.15) is 5.75 Å². The van der Waals surface area contributed by atoms with Crippen LogP contribution in [-0.4, -0.2) is 36.2 Å². The first-order valence-electron chi connectivity index (χ1n) is 7.65. The summed E-state index contributed by atoms with van der Waals surface area (Å²) >= 11 is 0. The molecule has 2 aromatic rings. The molecule has 0 aromatic heterocycles. The van der Waals surface area contributed by atoms with Gasteiger partial charge >= 0.3 is 0 Å². The van der Waals surface area contributed by atoms with E-state index < -0.39 is 0 Å². The number of nitrogens with zero attached hydrogens (tertiary/aromatic N) is 1. The second kappa shape index (κ2) is 7.79. The zero-order chi connectivity index (χ0) is 16.8. The average Bonchev–Trinajstić information content (AvgIpc) is 2.53. The molecule has 0 heterocycles. The van der Waals surface area contributed by atoms with Gasteiger partial charge in [0.25, 0.3) is 5.91 Å². The van der Waals surface area contributed by atoms with Crippen LogP contribution in [0.3, 0.4) is 0 Å². The molecule has 0 atom stereocenters. The van der Waals surface area contributed by atoms with Crippen molar-refractivity contribution < 1.29 is 14.6 Å². The lowest BCUT2D eigenvalue weighted by molar-refractivity contribution is 0.0706. The van der Waals surface area contributed by atoms with E-state index in [9.17, 15) is 9.90 Å². The van der Waals surface area contributed by atoms with E-state index in [0.29, 0.717) is 12.1 Å². The molecule has 0 fully saturated rings. The van der Waals surface area contributed by atoms with E-state index in [4.69, 9.17) is 4.74 Å². The minimum absolute atomic E-state index is 0.0777. The third-order valence-electron chi connectivity index (χ3n) is 3.68. The van der Waals surface area contributed by atoms with Crippen molar-refractivity contribution in [1.29, 1.82) is 0 Å². The first-order chi connectivity index (χ1) is 11.0. The second-order valence-corrected chi connectivity index (χ2v) is 5.64. The van der Waals surface area contributed by atoms with Crippen molar-refractivity contribution in [3.05, 3.63) is 64.7 Å². The Balaban J connectivity index is 2.28. The molecule has 0 saturated carbocycles. The highest BCUT2D eigenvalue weighted by molar-refractivity contribution is 5.94. The van der Waals surface area contributed by atoms with E-state index in [1.165, 1.54) is 0 Å². The minimum atomic E-state index is -0.0863. The summed E-state index contributed by atoms with van der Waals surface area (Å²) in [7, 11) is 1.61. The zero-order valence-corrected chi connectivity index (χ0v) is 13.9. The van der Waals surface area contributed by atoms with E-state index >= 15 is 0 Å². The SMILES string of the molecule is COc1ccccc1CN(CCO)C(=O)c1cc(C)cc(C)c1. The van der Waals surface area contributed by atoms with Gasteiger partial charge in [-0.2, -0.15) is 0 Å². The van der Waals surface area contributed by atoms with E-state index in [2.05, 4.69) is 0 Å². The fraction of sp³-hybridized carbons (Fsp3) is 0.316. The van der Waals surface area contributed by atoms with Crippen LogP contribution in [0.4, 0.5) is 0 Å². The summed E-state index contributed by atoms with van der Waals surface area (Å²) < 4.78 is 5.35. The maximum absolute atomic E-state index is 12.8. The third-order valence-corrected chi connectivity index (χ3v) is 3.68. The Morgan fingerprint density at radius 1 is 1.13 bits per heavy atom. The smallest absolute Gasteiger partial charge is 0.254 e. The number of hydrogen-bond acceptors (Lipinski definition) is 3. The van der Waals surface area contributed by atoms with Gasteiger partial charge in [-0.05, 0) is 32.0 Å². The summed E-state index contributed by atoms with van der Waals surface area (Å²) in [5.74, 6) is 0.653. The van der Waals surface area contributed by atoms with Crippen LogP contribution in [-0.2, 0) is 6.54 Å². The predicted molar refractivity (Wildman–Crippen MR) is 90.7 cm³/mol. The first-order valence-corrected chi connectivity index (χ1v) is 7.65. The van der Waals surface area contributed by atoms with E-state index in [-0.39, 0.29) is 19.1 Å². The highest BCUT2D eigenvalue weighted by atomic mass is 16.5. The van der Waals surface area contributed by atoms with E-state index in [0.717, 1.165) is 22.4 Å². The number of amides is 1. The number of carbonyl (C=O) groups is 1. The third kappa shape index (κ3) is 4.33. The van der Waals surface area contributed by atoms with Crippen molar-refractivity contribution in [2.45, 2.75) is 20.4 Å². The normalized spacial score (nSPS) is 10.4. The summed E-state index contributed by atoms with van der Waals surface area (Å²) in [6, 6.07) is 13.4. The van der Waals surface area contributed by atoms with Crippen LogP contribution >= 0.6 is 0 Å². The van der Waals surface area contributed by atoms with Crippen LogP contribution in [0.2, 0.25) is 0 Å². The number of carbonyl (C=O) groups excluding carboxylic acids is 1. The largest absolute Gasteiger partial charge is 0.496 e. The molecular weight excluding hydrogens is 290 g/mol. The summed E-state index contributed by atoms with van der Waals surface area (Å²) in [6.07, 6.45) is 0. The molecule has 0 aliphatic carbocycles. The molecule has 1 amide bonds. The van der Waals surface area contributed by atoms with Crippen molar-refractivity contribution in [3.8, 4) is 5.75 Å². The molecule has 0 radical (unpaired) electrons. The number of benzene rings is 2. The summed E-state index contributed by atoms with van der Waals surface area (Å²) in [6.45, 7) is 4.55. The molecule has 2 rings (SSSR count). The molecule has 0 saturated heterocycles. The molecule has 122 valence electrons. The van der Waals surface area contributed by atoms with Crippen molar-refractivity contribution in [2.75, 3.05) is 20.3 Å². The van der Waals surface area contributed by atoms with Crippen LogP contribution in [0.5, 0.6) is 5.75 Å². The maximum atomic E-state index is 12.8. The molecule has 23 heavy (non-hydrogen) atoms. The standard InChI is InChI=1S/C19H23NO3/c1-14-10-15(2)12-17(11-14)19(22)20(8-9-21)13-16-6-4-5-7-18(16)23-3/h4-7,10-12,21H,8-9,13H2,1-3H3. The first kappa shape index (κ1) is 17.0. The van der Waals surface area contributed by atoms with Crippen molar-refractivity contribution in [1.82, 2.24) is 4.90 Å². The van der Waals surface area contributed by atoms with Crippen LogP contribution in [0.1, 0.15) is 27.0 Å². The highest BCUT2D eigenvalue weighted by Crippen LogP contribution is 2.20. The fourth-order valence-electron chi connectivity index (χ4n) is 2.69. The van der Waals surface area contributed by atoms with Gasteiger partial charge < -0.3 is 14.7 Å². The van der Waals surface area contributed by atoms with E-state index in [1.807, 2.05) is 56.3 Å². The maximum Gasteiger partial charge on any atom is 0.254 e. The summed E-state index contributed by atoms with van der Waals surface area (Å²) in [5.41, 5.74) is 3.66. The lowest BCUT2D eigenvalue weighted by atomic mass is 10.1. The number of rotatable bonds is 6. The molecule has 0 aliphatic rings. The number of aryl methyl sites for hydroxylation is 2. The molecule has 0 unspecified atom stereocenters. The van der Waals surface area contributed by atoms with Gasteiger partial charge in [0.15, 0.2) is 0 Å². The number of methoxy groups -OCH3 is 1. The van der Waals surface area contributed by atoms with Crippen LogP contribution < -0.4 is 4.74 Å². The Morgan fingerprint density at radius 2 is 1.78 bits per heavy atom. The predicted octanol–water partition coefficient (Wildman–Crippen LogP) is 2.95. The number of para-hydroxylation sites is 1. The number of ether oxygens (including phenoxy) is 1. The van der Waals surface area contributed by atoms with Gasteiger partial charge in [0, 0.05) is 24.2 Å². The lowest BCUT2D eigenvalue weighted by Crippen LogP contribution is -2.33. The number of aliphatic hydroxyl groups is 1. The van der Waals surface area contributed by atoms with Gasteiger partial charge in [-0.3, -0.25) is 4.79 Å². The molecule has 1 N–H and O–H groups in total. The van der Waals surface area contributed by atoms with Gasteiger partial charge in [-0.15, -0.1) is 0 Å².